The Kier molecular flexibility index (Phi) is 3.00. The van der Waals surface area contributed by atoms with Crippen LogP contribution in [0.2, 0.25) is 0 Å². The molecule has 5 nitrogen and oxygen atoms in total. The first-order chi connectivity index (χ1) is 6.88. The Hall–Kier alpha value is -1.08. The third kappa shape index (κ3) is 2.24. The summed E-state index contributed by atoms with van der Waals surface area (Å²) in [4.78, 5) is 8.37. The largest absolute Gasteiger partial charge is 0.365 e. The summed E-state index contributed by atoms with van der Waals surface area (Å²) in [5.74, 6) is 0.813. The molecule has 7 heteroatoms. The van der Waals surface area contributed by atoms with E-state index >= 15 is 0 Å². The predicted octanol–water partition coefficient (Wildman–Crippen LogP) is 1.60. The van der Waals surface area contributed by atoms with Crippen LogP contribution < -0.4 is 5.32 Å². The second-order valence-electron chi connectivity index (χ2n) is 2.47. The fourth-order valence-electron chi connectivity index (χ4n) is 0.894. The van der Waals surface area contributed by atoms with Gasteiger partial charge in [-0.25, -0.2) is 9.97 Å². The molecule has 0 fully saturated rings. The molecule has 2 N–H and O–H groups in total. The minimum absolute atomic E-state index is 0.813. The van der Waals surface area contributed by atoms with Crippen LogP contribution in [0.25, 0.3) is 0 Å². The fourth-order valence-corrected chi connectivity index (χ4v) is 2.34. The van der Waals surface area contributed by atoms with Gasteiger partial charge in [-0.05, 0) is 0 Å². The summed E-state index contributed by atoms with van der Waals surface area (Å²) in [6, 6.07) is 0. The molecule has 0 bridgehead atoms. The van der Waals surface area contributed by atoms with E-state index < -0.39 is 0 Å². The molecule has 0 spiro atoms. The zero-order chi connectivity index (χ0) is 9.80. The summed E-state index contributed by atoms with van der Waals surface area (Å²) in [6.45, 7) is 0. The number of aromatic amines is 1. The van der Waals surface area contributed by atoms with Gasteiger partial charge >= 0.3 is 0 Å². The average molecular weight is 227 g/mol. The number of aromatic nitrogens is 4. The van der Waals surface area contributed by atoms with E-state index in [9.17, 15) is 0 Å². The van der Waals surface area contributed by atoms with Crippen molar-refractivity contribution in [2.75, 3.05) is 12.4 Å². The molecule has 0 aliphatic carbocycles. The van der Waals surface area contributed by atoms with Crippen molar-refractivity contribution in [3.63, 3.8) is 0 Å². The fraction of sp³-hybridized carbons (Fsp3) is 0.286. The van der Waals surface area contributed by atoms with E-state index in [0.29, 0.717) is 0 Å². The SMILES string of the molecule is CNc1nc(CSc2ncn[nH]2)cs1. The number of rotatable bonds is 4. The molecule has 2 heterocycles. The van der Waals surface area contributed by atoms with E-state index in [1.165, 1.54) is 6.33 Å². The van der Waals surface area contributed by atoms with Crippen molar-refractivity contribution in [2.24, 2.45) is 0 Å². The van der Waals surface area contributed by atoms with Gasteiger partial charge in [0.1, 0.15) is 6.33 Å². The Bertz CT molecular complexity index is 382. The minimum Gasteiger partial charge on any atom is -0.365 e. The maximum Gasteiger partial charge on any atom is 0.183 e. The van der Waals surface area contributed by atoms with Crippen LogP contribution in [0.15, 0.2) is 16.9 Å². The van der Waals surface area contributed by atoms with E-state index in [1.54, 1.807) is 23.1 Å². The van der Waals surface area contributed by atoms with Crippen LogP contribution in [-0.4, -0.2) is 27.2 Å². The van der Waals surface area contributed by atoms with Crippen LogP contribution in [0.5, 0.6) is 0 Å². The number of hydrogen-bond donors (Lipinski definition) is 2. The second kappa shape index (κ2) is 4.43. The lowest BCUT2D eigenvalue weighted by atomic mass is 10.6. The Labute approximate surface area is 89.4 Å². The molecule has 0 aromatic carbocycles. The highest BCUT2D eigenvalue weighted by Gasteiger charge is 2.02. The first-order valence-corrected chi connectivity index (χ1v) is 5.85. The van der Waals surface area contributed by atoms with Crippen LogP contribution >= 0.6 is 23.1 Å². The Morgan fingerprint density at radius 2 is 2.57 bits per heavy atom. The van der Waals surface area contributed by atoms with Gasteiger partial charge in [-0.3, -0.25) is 5.10 Å². The van der Waals surface area contributed by atoms with E-state index in [-0.39, 0.29) is 0 Å². The molecule has 2 aromatic heterocycles. The zero-order valence-corrected chi connectivity index (χ0v) is 9.15. The number of nitrogens with one attached hydrogen (secondary N) is 2. The summed E-state index contributed by atoms with van der Waals surface area (Å²) in [5, 5.41) is 13.4. The first-order valence-electron chi connectivity index (χ1n) is 3.99. The number of nitrogens with zero attached hydrogens (tertiary/aromatic N) is 3. The van der Waals surface area contributed by atoms with Crippen LogP contribution in [0.1, 0.15) is 5.69 Å². The molecule has 0 atom stereocenters. The van der Waals surface area contributed by atoms with Crippen molar-refractivity contribution < 1.29 is 0 Å². The van der Waals surface area contributed by atoms with Gasteiger partial charge in [-0.1, -0.05) is 11.8 Å². The van der Waals surface area contributed by atoms with Gasteiger partial charge in [0.25, 0.3) is 0 Å². The molecule has 0 aliphatic rings. The van der Waals surface area contributed by atoms with Crippen molar-refractivity contribution >= 4 is 28.2 Å². The van der Waals surface area contributed by atoms with Gasteiger partial charge < -0.3 is 5.32 Å². The van der Waals surface area contributed by atoms with Crippen LogP contribution in [0, 0.1) is 0 Å². The number of thioether (sulfide) groups is 1. The Morgan fingerprint density at radius 1 is 1.64 bits per heavy atom. The predicted molar refractivity (Wildman–Crippen MR) is 57.6 cm³/mol. The standard InChI is InChI=1S/C7H9N5S2/c1-8-6-11-5(2-13-6)3-14-7-9-4-10-12-7/h2,4H,3H2,1H3,(H,8,11)(H,9,10,12). The summed E-state index contributed by atoms with van der Waals surface area (Å²) in [6.07, 6.45) is 1.50. The monoisotopic (exact) mass is 227 g/mol. The first kappa shape index (κ1) is 9.47. The minimum atomic E-state index is 0.813. The van der Waals surface area contributed by atoms with Gasteiger partial charge in [0.05, 0.1) is 5.69 Å². The number of anilines is 1. The molecule has 0 amide bonds. The molecule has 0 aliphatic heterocycles. The summed E-state index contributed by atoms with van der Waals surface area (Å²) < 4.78 is 0. The van der Waals surface area contributed by atoms with Gasteiger partial charge in [0, 0.05) is 18.2 Å². The van der Waals surface area contributed by atoms with Crippen LogP contribution in [0.3, 0.4) is 0 Å². The lowest BCUT2D eigenvalue weighted by Gasteiger charge is -1.92. The zero-order valence-electron chi connectivity index (χ0n) is 7.52. The lowest BCUT2D eigenvalue weighted by Crippen LogP contribution is -1.87. The highest BCUT2D eigenvalue weighted by atomic mass is 32.2. The average Bonchev–Trinajstić information content (AvgIpc) is 2.86. The second-order valence-corrected chi connectivity index (χ2v) is 4.30. The normalized spacial score (nSPS) is 10.4. The topological polar surface area (TPSA) is 66.5 Å². The highest BCUT2D eigenvalue weighted by molar-refractivity contribution is 7.98. The quantitative estimate of drug-likeness (QED) is 0.776. The summed E-state index contributed by atoms with van der Waals surface area (Å²) in [7, 11) is 1.87. The third-order valence-corrected chi connectivity index (χ3v) is 3.33. The van der Waals surface area contributed by atoms with E-state index in [0.717, 1.165) is 21.7 Å². The molecular weight excluding hydrogens is 218 g/mol. The summed E-state index contributed by atoms with van der Waals surface area (Å²) in [5.41, 5.74) is 1.06. The Morgan fingerprint density at radius 3 is 3.21 bits per heavy atom. The molecule has 0 saturated carbocycles. The smallest absolute Gasteiger partial charge is 0.183 e. The molecule has 74 valence electrons. The van der Waals surface area contributed by atoms with Crippen molar-refractivity contribution in [2.45, 2.75) is 10.9 Å². The van der Waals surface area contributed by atoms with Crippen molar-refractivity contribution in [1.29, 1.82) is 0 Å². The van der Waals surface area contributed by atoms with E-state index in [2.05, 4.69) is 25.5 Å². The lowest BCUT2D eigenvalue weighted by molar-refractivity contribution is 0.972. The maximum absolute atomic E-state index is 4.35. The summed E-state index contributed by atoms with van der Waals surface area (Å²) >= 11 is 3.20. The van der Waals surface area contributed by atoms with Gasteiger partial charge in [-0.2, -0.15) is 5.10 Å². The van der Waals surface area contributed by atoms with E-state index in [4.69, 9.17) is 0 Å². The maximum atomic E-state index is 4.35. The molecule has 14 heavy (non-hydrogen) atoms. The molecule has 0 radical (unpaired) electrons. The van der Waals surface area contributed by atoms with Crippen molar-refractivity contribution in [3.8, 4) is 0 Å². The third-order valence-electron chi connectivity index (χ3n) is 1.52. The highest BCUT2D eigenvalue weighted by Crippen LogP contribution is 2.21. The van der Waals surface area contributed by atoms with Crippen LogP contribution in [0.4, 0.5) is 5.13 Å². The molecular formula is C7H9N5S2. The van der Waals surface area contributed by atoms with Gasteiger partial charge in [0.2, 0.25) is 0 Å². The van der Waals surface area contributed by atoms with E-state index in [1.807, 2.05) is 12.4 Å². The molecule has 0 saturated heterocycles. The van der Waals surface area contributed by atoms with Gasteiger partial charge in [-0.15, -0.1) is 11.3 Å². The molecule has 2 aromatic rings. The number of hydrogen-bond acceptors (Lipinski definition) is 6. The number of H-pyrrole nitrogens is 1. The van der Waals surface area contributed by atoms with Crippen molar-refractivity contribution in [3.05, 3.63) is 17.4 Å². The molecule has 0 unspecified atom stereocenters. The van der Waals surface area contributed by atoms with Crippen molar-refractivity contribution in [1.82, 2.24) is 20.2 Å². The van der Waals surface area contributed by atoms with Crippen LogP contribution in [-0.2, 0) is 5.75 Å². The van der Waals surface area contributed by atoms with Gasteiger partial charge in [0.15, 0.2) is 10.3 Å². The number of thiazole rings is 1. The molecule has 2 rings (SSSR count). The Balaban J connectivity index is 1.92.